The van der Waals surface area contributed by atoms with Crippen LogP contribution in [0.1, 0.15) is 16.7 Å². The average molecular weight is 342 g/mol. The number of rotatable bonds is 4. The molecule has 1 amide bonds. The molecule has 1 aromatic heterocycles. The fraction of sp³-hybridized carbons (Fsp3) is 0.222. The summed E-state index contributed by atoms with van der Waals surface area (Å²) >= 11 is 3.22. The van der Waals surface area contributed by atoms with Gasteiger partial charge in [0.25, 0.3) is 0 Å². The van der Waals surface area contributed by atoms with Crippen molar-refractivity contribution >= 4 is 44.4 Å². The van der Waals surface area contributed by atoms with E-state index in [2.05, 4.69) is 29.4 Å². The number of nitrogens with one attached hydrogen (secondary N) is 1. The lowest BCUT2D eigenvalue weighted by Gasteiger charge is -2.03. The molecule has 0 saturated heterocycles. The lowest BCUT2D eigenvalue weighted by molar-refractivity contribution is -0.115. The van der Waals surface area contributed by atoms with E-state index in [4.69, 9.17) is 0 Å². The van der Waals surface area contributed by atoms with Crippen molar-refractivity contribution in [2.45, 2.75) is 25.2 Å². The minimum atomic E-state index is -0.0321. The van der Waals surface area contributed by atoms with Crippen LogP contribution in [0, 0.1) is 13.8 Å². The van der Waals surface area contributed by atoms with E-state index < -0.39 is 0 Å². The van der Waals surface area contributed by atoms with Crippen molar-refractivity contribution in [2.75, 3.05) is 11.6 Å². The van der Waals surface area contributed by atoms with Gasteiger partial charge in [0.1, 0.15) is 0 Å². The van der Waals surface area contributed by atoms with Gasteiger partial charge in [-0.3, -0.25) is 4.79 Å². The molecule has 1 heterocycles. The van der Waals surface area contributed by atoms with Crippen molar-refractivity contribution in [3.63, 3.8) is 0 Å². The van der Waals surface area contributed by atoms with Gasteiger partial charge < -0.3 is 5.32 Å². The SMILES string of the molecule is CSc1ccc(CC(=O)Nc2nc3c(C)cc(C)cc3s2)cc1. The lowest BCUT2D eigenvalue weighted by Crippen LogP contribution is -2.14. The minimum absolute atomic E-state index is 0.0321. The van der Waals surface area contributed by atoms with Gasteiger partial charge in [-0.25, -0.2) is 4.98 Å². The number of nitrogens with zero attached hydrogens (tertiary/aromatic N) is 1. The van der Waals surface area contributed by atoms with Gasteiger partial charge in [0.15, 0.2) is 5.13 Å². The fourth-order valence-corrected chi connectivity index (χ4v) is 3.98. The largest absolute Gasteiger partial charge is 0.302 e. The van der Waals surface area contributed by atoms with E-state index in [0.29, 0.717) is 11.6 Å². The van der Waals surface area contributed by atoms with Crippen LogP contribution in [0.2, 0.25) is 0 Å². The summed E-state index contributed by atoms with van der Waals surface area (Å²) in [6, 6.07) is 12.3. The van der Waals surface area contributed by atoms with Crippen molar-refractivity contribution < 1.29 is 4.79 Å². The maximum atomic E-state index is 12.2. The Morgan fingerprint density at radius 2 is 1.96 bits per heavy atom. The summed E-state index contributed by atoms with van der Waals surface area (Å²) in [4.78, 5) is 18.0. The van der Waals surface area contributed by atoms with E-state index >= 15 is 0 Å². The van der Waals surface area contributed by atoms with Crippen LogP contribution in [0.15, 0.2) is 41.3 Å². The van der Waals surface area contributed by atoms with Crippen LogP contribution in [-0.4, -0.2) is 17.1 Å². The number of hydrogen-bond donors (Lipinski definition) is 1. The summed E-state index contributed by atoms with van der Waals surface area (Å²) in [5.41, 5.74) is 4.34. The number of carbonyl (C=O) groups is 1. The molecule has 0 aliphatic carbocycles. The molecule has 0 aliphatic rings. The zero-order valence-electron chi connectivity index (χ0n) is 13.3. The predicted molar refractivity (Wildman–Crippen MR) is 99.7 cm³/mol. The molecular formula is C18H18N2OS2. The molecule has 0 aliphatic heterocycles. The molecule has 1 N–H and O–H groups in total. The van der Waals surface area contributed by atoms with Gasteiger partial charge in [0, 0.05) is 4.90 Å². The molecule has 0 spiro atoms. The van der Waals surface area contributed by atoms with E-state index in [1.807, 2.05) is 37.4 Å². The molecular weight excluding hydrogens is 324 g/mol. The Balaban J connectivity index is 1.73. The van der Waals surface area contributed by atoms with Crippen LogP contribution in [0.5, 0.6) is 0 Å². The molecule has 3 nitrogen and oxygen atoms in total. The number of amides is 1. The molecule has 0 atom stereocenters. The van der Waals surface area contributed by atoms with Gasteiger partial charge >= 0.3 is 0 Å². The van der Waals surface area contributed by atoms with Crippen molar-refractivity contribution in [1.29, 1.82) is 0 Å². The summed E-state index contributed by atoms with van der Waals surface area (Å²) in [6.07, 6.45) is 2.40. The summed E-state index contributed by atoms with van der Waals surface area (Å²) < 4.78 is 1.11. The van der Waals surface area contributed by atoms with Gasteiger partial charge in [-0.15, -0.1) is 11.8 Å². The predicted octanol–water partition coefficient (Wildman–Crippen LogP) is 4.82. The lowest BCUT2D eigenvalue weighted by atomic mass is 10.1. The maximum absolute atomic E-state index is 12.2. The third-order valence-corrected chi connectivity index (χ3v) is 5.26. The number of thioether (sulfide) groups is 1. The first kappa shape index (κ1) is 16.0. The van der Waals surface area contributed by atoms with Crippen molar-refractivity contribution in [1.82, 2.24) is 4.98 Å². The summed E-state index contributed by atoms with van der Waals surface area (Å²) in [7, 11) is 0. The fourth-order valence-electron chi connectivity index (χ4n) is 2.52. The van der Waals surface area contributed by atoms with Crippen molar-refractivity contribution in [3.8, 4) is 0 Å². The third-order valence-electron chi connectivity index (χ3n) is 3.60. The number of hydrogen-bond acceptors (Lipinski definition) is 4. The molecule has 0 bridgehead atoms. The van der Waals surface area contributed by atoms with E-state index in [1.165, 1.54) is 21.8 Å². The average Bonchev–Trinajstić information content (AvgIpc) is 2.90. The number of fused-ring (bicyclic) bond motifs is 1. The van der Waals surface area contributed by atoms with Gasteiger partial charge in [0.05, 0.1) is 16.6 Å². The van der Waals surface area contributed by atoms with Gasteiger partial charge in [-0.05, 0) is 55.0 Å². The smallest absolute Gasteiger partial charge is 0.230 e. The van der Waals surface area contributed by atoms with E-state index in [-0.39, 0.29) is 5.91 Å². The Hall–Kier alpha value is -1.85. The van der Waals surface area contributed by atoms with Crippen molar-refractivity contribution in [2.24, 2.45) is 0 Å². The Kier molecular flexibility index (Phi) is 4.68. The summed E-state index contributed by atoms with van der Waals surface area (Å²) in [5.74, 6) is -0.0321. The monoisotopic (exact) mass is 342 g/mol. The molecule has 2 aromatic carbocycles. The van der Waals surface area contributed by atoms with Gasteiger partial charge in [0.2, 0.25) is 5.91 Å². The molecule has 23 heavy (non-hydrogen) atoms. The van der Waals surface area contributed by atoms with Crippen LogP contribution in [0.25, 0.3) is 10.2 Å². The van der Waals surface area contributed by atoms with Crippen LogP contribution in [0.4, 0.5) is 5.13 Å². The second-order valence-electron chi connectivity index (χ2n) is 5.52. The number of carbonyl (C=O) groups excluding carboxylic acids is 1. The Bertz CT molecular complexity index is 853. The highest BCUT2D eigenvalue weighted by Crippen LogP contribution is 2.29. The number of thiazole rings is 1. The minimum Gasteiger partial charge on any atom is -0.302 e. The number of anilines is 1. The van der Waals surface area contributed by atoms with Crippen LogP contribution in [0.3, 0.4) is 0 Å². The molecule has 3 rings (SSSR count). The van der Waals surface area contributed by atoms with E-state index in [1.54, 1.807) is 11.8 Å². The number of aromatic nitrogens is 1. The first-order valence-corrected chi connectivity index (χ1v) is 9.40. The molecule has 0 radical (unpaired) electrons. The molecule has 0 fully saturated rings. The van der Waals surface area contributed by atoms with E-state index in [0.717, 1.165) is 21.3 Å². The molecule has 118 valence electrons. The van der Waals surface area contributed by atoms with E-state index in [9.17, 15) is 4.79 Å². The second-order valence-corrected chi connectivity index (χ2v) is 7.43. The highest BCUT2D eigenvalue weighted by Gasteiger charge is 2.10. The van der Waals surface area contributed by atoms with Crippen molar-refractivity contribution in [3.05, 3.63) is 53.1 Å². The Morgan fingerprint density at radius 1 is 1.22 bits per heavy atom. The first-order valence-electron chi connectivity index (χ1n) is 7.36. The van der Waals surface area contributed by atoms with Crippen LogP contribution in [-0.2, 0) is 11.2 Å². The molecule has 0 saturated carbocycles. The highest BCUT2D eigenvalue weighted by atomic mass is 32.2. The summed E-state index contributed by atoms with van der Waals surface area (Å²) in [6.45, 7) is 4.12. The zero-order valence-corrected chi connectivity index (χ0v) is 15.0. The topological polar surface area (TPSA) is 42.0 Å². The number of aryl methyl sites for hydroxylation is 2. The van der Waals surface area contributed by atoms with Gasteiger partial charge in [-0.1, -0.05) is 29.5 Å². The quantitative estimate of drug-likeness (QED) is 0.691. The number of benzene rings is 2. The molecule has 0 unspecified atom stereocenters. The molecule has 5 heteroatoms. The Labute approximate surface area is 144 Å². The first-order chi connectivity index (χ1) is 11.0. The zero-order chi connectivity index (χ0) is 16.4. The maximum Gasteiger partial charge on any atom is 0.230 e. The van der Waals surface area contributed by atoms with Crippen LogP contribution < -0.4 is 5.32 Å². The highest BCUT2D eigenvalue weighted by molar-refractivity contribution is 7.98. The molecule has 3 aromatic rings. The van der Waals surface area contributed by atoms with Gasteiger partial charge in [-0.2, -0.15) is 0 Å². The third kappa shape index (κ3) is 3.74. The standard InChI is InChI=1S/C18H18N2OS2/c1-11-8-12(2)17-15(9-11)23-18(20-17)19-16(21)10-13-4-6-14(22-3)7-5-13/h4-9H,10H2,1-3H3,(H,19,20,21). The summed E-state index contributed by atoms with van der Waals surface area (Å²) in [5, 5.41) is 3.58. The Morgan fingerprint density at radius 3 is 2.65 bits per heavy atom. The normalized spacial score (nSPS) is 10.9. The van der Waals surface area contributed by atoms with Crippen LogP contribution >= 0.6 is 23.1 Å². The second kappa shape index (κ2) is 6.72.